The van der Waals surface area contributed by atoms with Gasteiger partial charge in [-0.05, 0) is 106 Å². The van der Waals surface area contributed by atoms with Crippen LogP contribution >= 0.6 is 11.6 Å². The number of hydrogen-bond acceptors (Lipinski definition) is 6. The first-order valence-corrected chi connectivity index (χ1v) is 18.0. The molecule has 1 unspecified atom stereocenters. The smallest absolute Gasteiger partial charge is 0.265 e. The summed E-state index contributed by atoms with van der Waals surface area (Å²) in [4.78, 5) is 17.8. The Hall–Kier alpha value is -3.57. The van der Waals surface area contributed by atoms with E-state index < -0.39 is 16.1 Å². The Balaban J connectivity index is 1.00. The maximum absolute atomic E-state index is 13.0. The number of ether oxygens (including phenoxy) is 1. The first-order valence-electron chi connectivity index (χ1n) is 15.9. The minimum Gasteiger partial charge on any atom is -0.481 e. The molecule has 10 nitrogen and oxygen atoms in total. The fourth-order valence-corrected chi connectivity index (χ4v) is 9.72. The van der Waals surface area contributed by atoms with E-state index in [1.807, 2.05) is 25.1 Å². The molecule has 0 radical (unpaired) electrons. The molecule has 0 spiro atoms. The van der Waals surface area contributed by atoms with Gasteiger partial charge in [0.15, 0.2) is 17.6 Å². The van der Waals surface area contributed by atoms with Crippen LogP contribution in [0.3, 0.4) is 0 Å². The fourth-order valence-electron chi connectivity index (χ4n) is 8.09. The number of hydrogen-bond donors (Lipinski definition) is 3. The molecule has 4 fully saturated rings. The van der Waals surface area contributed by atoms with Gasteiger partial charge in [0, 0.05) is 22.4 Å². The molecule has 2 heterocycles. The predicted octanol–water partition coefficient (Wildman–Crippen LogP) is 6.79. The molecule has 0 saturated heterocycles. The quantitative estimate of drug-likeness (QED) is 0.164. The topological polar surface area (TPSA) is 130 Å². The van der Waals surface area contributed by atoms with Gasteiger partial charge in [-0.3, -0.25) is 14.6 Å². The Kier molecular flexibility index (Phi) is 7.80. The third kappa shape index (κ3) is 6.04. The number of sulfonamides is 1. The summed E-state index contributed by atoms with van der Waals surface area (Å²) in [6.07, 6.45) is 8.30. The van der Waals surface area contributed by atoms with Crippen LogP contribution in [0.1, 0.15) is 70.9 Å². The van der Waals surface area contributed by atoms with E-state index in [-0.39, 0.29) is 17.1 Å². The third-order valence-corrected chi connectivity index (χ3v) is 11.5. The lowest BCUT2D eigenvalue weighted by Crippen LogP contribution is -2.48. The zero-order chi connectivity index (χ0) is 31.3. The van der Waals surface area contributed by atoms with E-state index >= 15 is 0 Å². The van der Waals surface area contributed by atoms with Gasteiger partial charge in [0.05, 0.1) is 11.4 Å². The molecule has 4 bridgehead atoms. The highest BCUT2D eigenvalue weighted by atomic mass is 35.5. The van der Waals surface area contributed by atoms with Crippen molar-refractivity contribution in [2.24, 2.45) is 17.8 Å². The van der Waals surface area contributed by atoms with Gasteiger partial charge in [-0.25, -0.2) is 13.4 Å². The van der Waals surface area contributed by atoms with Crippen molar-refractivity contribution in [3.63, 3.8) is 0 Å². The Bertz CT molecular complexity index is 1800. The average molecular weight is 651 g/mol. The van der Waals surface area contributed by atoms with Gasteiger partial charge < -0.3 is 10.1 Å². The lowest BCUT2D eigenvalue weighted by Gasteiger charge is -2.56. The van der Waals surface area contributed by atoms with Gasteiger partial charge >= 0.3 is 0 Å². The van der Waals surface area contributed by atoms with E-state index in [4.69, 9.17) is 26.4 Å². The Morgan fingerprint density at radius 1 is 1.09 bits per heavy atom. The molecule has 4 aromatic rings. The van der Waals surface area contributed by atoms with Gasteiger partial charge in [0.25, 0.3) is 5.91 Å². The molecule has 1 amide bonds. The van der Waals surface area contributed by atoms with E-state index in [0.29, 0.717) is 40.0 Å². The molecule has 2 aromatic heterocycles. The van der Waals surface area contributed by atoms with Crippen LogP contribution in [0.2, 0.25) is 5.02 Å². The first kappa shape index (κ1) is 30.1. The van der Waals surface area contributed by atoms with E-state index in [2.05, 4.69) is 15.1 Å². The van der Waals surface area contributed by atoms with Crippen LogP contribution in [0, 0.1) is 17.8 Å². The number of fused-ring (bicyclic) bond motifs is 1. The second-order valence-electron chi connectivity index (χ2n) is 13.3. The molecule has 4 aliphatic rings. The van der Waals surface area contributed by atoms with Gasteiger partial charge in [-0.1, -0.05) is 37.1 Å². The summed E-state index contributed by atoms with van der Waals surface area (Å²) in [5, 5.41) is 11.8. The van der Waals surface area contributed by atoms with E-state index in [1.54, 1.807) is 41.9 Å². The molecule has 4 saturated carbocycles. The largest absolute Gasteiger partial charge is 0.481 e. The van der Waals surface area contributed by atoms with Gasteiger partial charge in [-0.2, -0.15) is 4.63 Å². The molecule has 8 rings (SSSR count). The maximum atomic E-state index is 13.0. The number of carbonyl (C=O) groups is 1. The number of nitrogens with one attached hydrogen (secondary N) is 3. The molecule has 12 heteroatoms. The number of carbonyl (C=O) groups excluding carboxylic acids is 1. The lowest BCUT2D eigenvalue weighted by atomic mass is 9.49. The lowest BCUT2D eigenvalue weighted by molar-refractivity contribution is -0.122. The van der Waals surface area contributed by atoms with Crippen molar-refractivity contribution in [2.45, 2.75) is 76.7 Å². The summed E-state index contributed by atoms with van der Waals surface area (Å²) in [6.45, 7) is 3.60. The summed E-state index contributed by atoms with van der Waals surface area (Å²) in [5.41, 5.74) is 3.63. The highest BCUT2D eigenvalue weighted by molar-refractivity contribution is 7.92. The summed E-state index contributed by atoms with van der Waals surface area (Å²) in [7, 11) is -3.40. The molecule has 45 heavy (non-hydrogen) atoms. The minimum atomic E-state index is -3.40. The van der Waals surface area contributed by atoms with Crippen LogP contribution in [-0.4, -0.2) is 46.0 Å². The first-order chi connectivity index (χ1) is 21.6. The normalized spacial score (nSPS) is 24.6. The molecule has 238 valence electrons. The van der Waals surface area contributed by atoms with Crippen LogP contribution in [0.5, 0.6) is 5.75 Å². The number of rotatable bonds is 11. The standard InChI is InChI=1S/C33H39ClN6O4S/c1-3-4-12-45(42,43)39-25-8-10-27(11-9-25)44-20(2)32(41)35-26-7-5-6-24(16-26)30-36-31-28(34)29(37-40(31)38-30)33-17-21-13-22(18-33)15-23(14-21)19-33/h5-11,16,20-23,37,39H,3-4,12-15,17-19H2,1-2H3,(H,35,41). The van der Waals surface area contributed by atoms with Crippen molar-refractivity contribution in [3.05, 3.63) is 59.2 Å². The predicted molar refractivity (Wildman–Crippen MR) is 175 cm³/mol. The monoisotopic (exact) mass is 650 g/mol. The number of aromatic amines is 1. The van der Waals surface area contributed by atoms with Crippen molar-refractivity contribution in [3.8, 4) is 17.1 Å². The Morgan fingerprint density at radius 2 is 1.78 bits per heavy atom. The van der Waals surface area contributed by atoms with Crippen molar-refractivity contribution >= 4 is 44.6 Å². The summed E-state index contributed by atoms with van der Waals surface area (Å²) in [5.74, 6) is 3.13. The zero-order valence-corrected chi connectivity index (χ0v) is 27.1. The van der Waals surface area contributed by atoms with Crippen LogP contribution < -0.4 is 14.8 Å². The van der Waals surface area contributed by atoms with Crippen molar-refractivity contribution < 1.29 is 17.9 Å². The van der Waals surface area contributed by atoms with E-state index in [1.165, 1.54) is 38.5 Å². The summed E-state index contributed by atoms with van der Waals surface area (Å²) in [6, 6.07) is 13.9. The molecule has 1 atom stereocenters. The van der Waals surface area contributed by atoms with E-state index in [9.17, 15) is 13.2 Å². The second-order valence-corrected chi connectivity index (χ2v) is 15.5. The molecule has 3 N–H and O–H groups in total. The van der Waals surface area contributed by atoms with Crippen LogP contribution in [0.25, 0.3) is 17.0 Å². The Morgan fingerprint density at radius 3 is 2.42 bits per heavy atom. The molecular weight excluding hydrogens is 612 g/mol. The van der Waals surface area contributed by atoms with E-state index in [0.717, 1.165) is 35.4 Å². The van der Waals surface area contributed by atoms with Gasteiger partial charge in [0.2, 0.25) is 10.0 Å². The number of amides is 1. The molecule has 4 aliphatic carbocycles. The average Bonchev–Trinajstić information content (AvgIpc) is 3.56. The summed E-state index contributed by atoms with van der Waals surface area (Å²) >= 11 is 6.99. The van der Waals surface area contributed by atoms with Crippen LogP contribution in [-0.2, 0) is 20.2 Å². The highest BCUT2D eigenvalue weighted by Crippen LogP contribution is 2.61. The third-order valence-electron chi connectivity index (χ3n) is 9.77. The number of aromatic nitrogens is 4. The van der Waals surface area contributed by atoms with Crippen LogP contribution in [0.15, 0.2) is 48.5 Å². The van der Waals surface area contributed by atoms with Crippen molar-refractivity contribution in [2.75, 3.05) is 15.8 Å². The number of H-pyrrole nitrogens is 1. The highest BCUT2D eigenvalue weighted by Gasteiger charge is 2.53. The molecular formula is C33H39ClN6O4S. The number of nitrogens with zero attached hydrogens (tertiary/aromatic N) is 3. The van der Waals surface area contributed by atoms with Crippen molar-refractivity contribution in [1.82, 2.24) is 19.8 Å². The van der Waals surface area contributed by atoms with Crippen LogP contribution in [0.4, 0.5) is 11.4 Å². The van der Waals surface area contributed by atoms with Gasteiger partial charge in [0.1, 0.15) is 10.8 Å². The molecule has 0 aliphatic heterocycles. The number of benzene rings is 2. The van der Waals surface area contributed by atoms with Crippen molar-refractivity contribution in [1.29, 1.82) is 0 Å². The number of halogens is 1. The summed E-state index contributed by atoms with van der Waals surface area (Å²) < 4.78 is 34.4. The zero-order valence-electron chi connectivity index (χ0n) is 25.6. The molecule has 2 aromatic carbocycles. The number of unbranched alkanes of at least 4 members (excludes halogenated alkanes) is 1. The second kappa shape index (κ2) is 11.7. The SMILES string of the molecule is CCCCS(=O)(=O)Nc1ccc(OC(C)C(=O)Nc2cccc(-c3nc4c(Cl)c(C56CC7CC(CC(C7)C5)C6)[nH]n4n3)c2)cc1. The maximum Gasteiger partial charge on any atom is 0.265 e. The van der Waals surface area contributed by atoms with Gasteiger partial charge in [-0.15, -0.1) is 5.10 Å². The number of anilines is 2. The minimum absolute atomic E-state index is 0.0730. The fraction of sp³-hybridized carbons (Fsp3) is 0.485. The Labute approximate surface area is 268 Å².